The number of rotatable bonds is 4. The zero-order valence-corrected chi connectivity index (χ0v) is 11.5. The van der Waals surface area contributed by atoms with E-state index in [0.29, 0.717) is 5.92 Å². The van der Waals surface area contributed by atoms with Crippen LogP contribution in [-0.4, -0.2) is 4.57 Å². The molecule has 1 heterocycles. The highest BCUT2D eigenvalue weighted by molar-refractivity contribution is 5.27. The first-order chi connectivity index (χ1) is 8.63. The number of aromatic nitrogens is 1. The largest absolute Gasteiger partial charge is 0.324 e. The minimum atomic E-state index is 0.113. The monoisotopic (exact) mass is 248 g/mol. The Morgan fingerprint density at radius 3 is 3.00 bits per heavy atom. The first kappa shape index (κ1) is 13.3. The highest BCUT2D eigenvalue weighted by Gasteiger charge is 2.20. The van der Waals surface area contributed by atoms with E-state index in [0.717, 1.165) is 25.8 Å². The van der Waals surface area contributed by atoms with Gasteiger partial charge in [0.15, 0.2) is 0 Å². The normalized spacial score (nSPS) is 20.5. The van der Waals surface area contributed by atoms with Crippen molar-refractivity contribution in [2.24, 2.45) is 11.7 Å². The molecule has 1 aromatic rings. The Morgan fingerprint density at radius 1 is 1.50 bits per heavy atom. The van der Waals surface area contributed by atoms with Crippen LogP contribution >= 0.6 is 0 Å². The molecule has 0 radical (unpaired) electrons. The molecule has 0 aromatic carbocycles. The van der Waals surface area contributed by atoms with Crippen molar-refractivity contribution in [1.29, 1.82) is 0 Å². The smallest absolute Gasteiger partial charge is 0.250 e. The lowest BCUT2D eigenvalue weighted by atomic mass is 9.91. The summed E-state index contributed by atoms with van der Waals surface area (Å²) in [7, 11) is 0. The lowest BCUT2D eigenvalue weighted by molar-refractivity contribution is 0.416. The number of hydrogen-bond donors (Lipinski definition) is 1. The van der Waals surface area contributed by atoms with Crippen LogP contribution in [-0.2, 0) is 13.0 Å². The number of fused-ring (bicyclic) bond motifs is 1. The topological polar surface area (TPSA) is 48.0 Å². The minimum absolute atomic E-state index is 0.113. The van der Waals surface area contributed by atoms with E-state index in [4.69, 9.17) is 5.73 Å². The van der Waals surface area contributed by atoms with Crippen LogP contribution < -0.4 is 11.3 Å². The molecule has 1 aliphatic carbocycles. The van der Waals surface area contributed by atoms with Crippen LogP contribution in [0, 0.1) is 5.92 Å². The molecule has 0 amide bonds. The molecular weight excluding hydrogens is 224 g/mol. The fourth-order valence-electron chi connectivity index (χ4n) is 2.99. The summed E-state index contributed by atoms with van der Waals surface area (Å²) in [5.41, 5.74) is 8.64. The molecule has 2 N–H and O–H groups in total. The van der Waals surface area contributed by atoms with Gasteiger partial charge in [-0.25, -0.2) is 0 Å². The molecule has 1 aliphatic rings. The molecule has 2 atom stereocenters. The SMILES string of the molecule is CCCC(C)Cn1c2c(ccc1=O)C(N)CCC2. The number of hydrogen-bond acceptors (Lipinski definition) is 2. The molecule has 100 valence electrons. The van der Waals surface area contributed by atoms with Gasteiger partial charge in [-0.05, 0) is 37.2 Å². The highest BCUT2D eigenvalue weighted by Crippen LogP contribution is 2.27. The van der Waals surface area contributed by atoms with Gasteiger partial charge < -0.3 is 10.3 Å². The third kappa shape index (κ3) is 2.66. The third-order valence-electron chi connectivity index (χ3n) is 3.93. The van der Waals surface area contributed by atoms with Crippen LogP contribution in [0.1, 0.15) is 56.8 Å². The molecule has 2 rings (SSSR count). The van der Waals surface area contributed by atoms with Crippen LogP contribution in [0.4, 0.5) is 0 Å². The summed E-state index contributed by atoms with van der Waals surface area (Å²) in [5.74, 6) is 0.553. The predicted octanol–water partition coefficient (Wildman–Crippen LogP) is 2.62. The summed E-state index contributed by atoms with van der Waals surface area (Å²) in [5, 5.41) is 0. The molecule has 0 saturated heterocycles. The molecule has 0 spiro atoms. The van der Waals surface area contributed by atoms with Crippen LogP contribution in [0.3, 0.4) is 0 Å². The third-order valence-corrected chi connectivity index (χ3v) is 3.93. The Bertz CT molecular complexity index is 464. The van der Waals surface area contributed by atoms with Crippen molar-refractivity contribution in [3.8, 4) is 0 Å². The van der Waals surface area contributed by atoms with Gasteiger partial charge in [0.25, 0.3) is 5.56 Å². The summed E-state index contributed by atoms with van der Waals surface area (Å²) < 4.78 is 1.97. The van der Waals surface area contributed by atoms with E-state index in [9.17, 15) is 4.79 Å². The van der Waals surface area contributed by atoms with Gasteiger partial charge in [0.2, 0.25) is 0 Å². The van der Waals surface area contributed by atoms with Gasteiger partial charge in [-0.3, -0.25) is 4.79 Å². The van der Waals surface area contributed by atoms with Crippen molar-refractivity contribution >= 4 is 0 Å². The van der Waals surface area contributed by atoms with Crippen molar-refractivity contribution in [3.63, 3.8) is 0 Å². The van der Waals surface area contributed by atoms with Crippen LogP contribution in [0.5, 0.6) is 0 Å². The van der Waals surface area contributed by atoms with Crippen LogP contribution in [0.15, 0.2) is 16.9 Å². The van der Waals surface area contributed by atoms with Crippen LogP contribution in [0.2, 0.25) is 0 Å². The molecule has 2 unspecified atom stereocenters. The van der Waals surface area contributed by atoms with Crippen molar-refractivity contribution in [1.82, 2.24) is 4.57 Å². The summed E-state index contributed by atoms with van der Waals surface area (Å²) in [6.07, 6.45) is 5.47. The van der Waals surface area contributed by atoms with Gasteiger partial charge in [0, 0.05) is 24.3 Å². The molecule has 0 fully saturated rings. The fraction of sp³-hybridized carbons (Fsp3) is 0.667. The molecule has 18 heavy (non-hydrogen) atoms. The van der Waals surface area contributed by atoms with Gasteiger partial charge in [-0.2, -0.15) is 0 Å². The summed E-state index contributed by atoms with van der Waals surface area (Å²) in [6.45, 7) is 5.25. The molecule has 1 aromatic heterocycles. The number of pyridine rings is 1. The minimum Gasteiger partial charge on any atom is -0.324 e. The molecule has 3 heteroatoms. The second kappa shape index (κ2) is 5.70. The maximum absolute atomic E-state index is 12.1. The Morgan fingerprint density at radius 2 is 2.28 bits per heavy atom. The Labute approximate surface area is 109 Å². The second-order valence-electron chi connectivity index (χ2n) is 5.58. The van der Waals surface area contributed by atoms with Gasteiger partial charge in [-0.1, -0.05) is 26.3 Å². The van der Waals surface area contributed by atoms with E-state index in [1.165, 1.54) is 24.1 Å². The summed E-state index contributed by atoms with van der Waals surface area (Å²) >= 11 is 0. The Balaban J connectivity index is 2.34. The first-order valence-corrected chi connectivity index (χ1v) is 7.11. The van der Waals surface area contributed by atoms with E-state index in [1.807, 2.05) is 10.6 Å². The van der Waals surface area contributed by atoms with Gasteiger partial charge in [-0.15, -0.1) is 0 Å². The lowest BCUT2D eigenvalue weighted by Crippen LogP contribution is -2.30. The number of nitrogens with zero attached hydrogens (tertiary/aromatic N) is 1. The van der Waals surface area contributed by atoms with Crippen molar-refractivity contribution < 1.29 is 0 Å². The number of nitrogens with two attached hydrogens (primary N) is 1. The summed E-state index contributed by atoms with van der Waals surface area (Å²) in [6, 6.07) is 3.73. The van der Waals surface area contributed by atoms with Gasteiger partial charge in [0.05, 0.1) is 0 Å². The van der Waals surface area contributed by atoms with Crippen molar-refractivity contribution in [2.45, 2.75) is 58.5 Å². The quantitative estimate of drug-likeness (QED) is 0.890. The maximum Gasteiger partial charge on any atom is 0.250 e. The first-order valence-electron chi connectivity index (χ1n) is 7.11. The average Bonchev–Trinajstić information content (AvgIpc) is 2.33. The van der Waals surface area contributed by atoms with Gasteiger partial charge in [0.1, 0.15) is 0 Å². The lowest BCUT2D eigenvalue weighted by Gasteiger charge is -2.26. The maximum atomic E-state index is 12.1. The van der Waals surface area contributed by atoms with E-state index >= 15 is 0 Å². The van der Waals surface area contributed by atoms with Crippen molar-refractivity contribution in [2.75, 3.05) is 0 Å². The van der Waals surface area contributed by atoms with E-state index in [1.54, 1.807) is 6.07 Å². The Kier molecular flexibility index (Phi) is 4.23. The standard InChI is InChI=1S/C15H24N2O/c1-3-5-11(2)10-17-14-7-4-6-13(16)12(14)8-9-15(17)18/h8-9,11,13H,3-7,10,16H2,1-2H3. The Hall–Kier alpha value is -1.09. The molecule has 0 bridgehead atoms. The van der Waals surface area contributed by atoms with Crippen LogP contribution in [0.25, 0.3) is 0 Å². The van der Waals surface area contributed by atoms with Gasteiger partial charge >= 0.3 is 0 Å². The zero-order chi connectivity index (χ0) is 13.1. The molecule has 0 aliphatic heterocycles. The molecule has 0 saturated carbocycles. The van der Waals surface area contributed by atoms with Crippen molar-refractivity contribution in [3.05, 3.63) is 33.7 Å². The van der Waals surface area contributed by atoms with E-state index < -0.39 is 0 Å². The van der Waals surface area contributed by atoms with E-state index in [2.05, 4.69) is 13.8 Å². The molecule has 3 nitrogen and oxygen atoms in total. The zero-order valence-electron chi connectivity index (χ0n) is 11.5. The summed E-state index contributed by atoms with van der Waals surface area (Å²) in [4.78, 5) is 12.1. The second-order valence-corrected chi connectivity index (χ2v) is 5.58. The highest BCUT2D eigenvalue weighted by atomic mass is 16.1. The predicted molar refractivity (Wildman–Crippen MR) is 74.6 cm³/mol. The average molecular weight is 248 g/mol. The molecular formula is C15H24N2O. The van der Waals surface area contributed by atoms with E-state index in [-0.39, 0.29) is 11.6 Å². The fourth-order valence-corrected chi connectivity index (χ4v) is 2.99.